The Balaban J connectivity index is -0.0000000465. The Bertz CT molecular complexity index is 87.1. The Morgan fingerprint density at radius 1 is 1.46 bits per heavy atom. The minimum absolute atomic E-state index is 0. The van der Waals surface area contributed by atoms with Gasteiger partial charge in [-0.3, -0.25) is 0 Å². The van der Waals surface area contributed by atoms with Crippen LogP contribution in [0.5, 0.6) is 0 Å². The summed E-state index contributed by atoms with van der Waals surface area (Å²) in [7, 11) is 0. The Morgan fingerprint density at radius 2 is 1.54 bits per heavy atom. The molecule has 0 aromatic carbocycles. The van der Waals surface area contributed by atoms with Gasteiger partial charge < -0.3 is 24.4 Å². The van der Waals surface area contributed by atoms with Crippen LogP contribution in [0.1, 0.15) is 13.8 Å². The SMILES string of the molecule is CC(O)CO.CCO.O=S([O-])O.[Na+]. The number of aliphatic hydroxyl groups excluding tert-OH is 3. The molecular weight excluding hydrogens is 211 g/mol. The third-order valence-corrected chi connectivity index (χ3v) is 0.264. The van der Waals surface area contributed by atoms with Crippen molar-refractivity contribution in [1.82, 2.24) is 0 Å². The van der Waals surface area contributed by atoms with E-state index in [1.807, 2.05) is 0 Å². The second kappa shape index (κ2) is 23.1. The fourth-order valence-corrected chi connectivity index (χ4v) is 0. The summed E-state index contributed by atoms with van der Waals surface area (Å²) in [4.78, 5) is 0. The molecule has 4 N–H and O–H groups in total. The molecule has 0 fully saturated rings. The molecule has 0 radical (unpaired) electrons. The van der Waals surface area contributed by atoms with E-state index in [1.54, 1.807) is 6.92 Å². The van der Waals surface area contributed by atoms with E-state index >= 15 is 0 Å². The molecular formula is C5H15NaO6S. The average molecular weight is 226 g/mol. The monoisotopic (exact) mass is 226 g/mol. The molecule has 0 heterocycles. The average Bonchev–Trinajstić information content (AvgIpc) is 1.88. The summed E-state index contributed by atoms with van der Waals surface area (Å²) in [5, 5.41) is 23.6. The fraction of sp³-hybridized carbons (Fsp3) is 1.00. The first-order valence-corrected chi connectivity index (χ1v) is 4.13. The number of aliphatic hydroxyl groups is 3. The van der Waals surface area contributed by atoms with Crippen LogP contribution in [0.2, 0.25) is 0 Å². The van der Waals surface area contributed by atoms with E-state index in [-0.39, 0.29) is 42.8 Å². The molecule has 0 spiro atoms. The first kappa shape index (κ1) is 23.6. The van der Waals surface area contributed by atoms with Gasteiger partial charge in [-0.05, 0) is 13.8 Å². The van der Waals surface area contributed by atoms with Crippen LogP contribution in [-0.4, -0.2) is 48.0 Å². The Labute approximate surface area is 102 Å². The Morgan fingerprint density at radius 3 is 1.54 bits per heavy atom. The summed E-state index contributed by atoms with van der Waals surface area (Å²) < 4.78 is 24.1. The molecule has 0 aliphatic heterocycles. The quantitative estimate of drug-likeness (QED) is 0.265. The zero-order valence-corrected chi connectivity index (χ0v) is 10.8. The molecule has 0 bridgehead atoms. The molecule has 0 aromatic rings. The topological polar surface area (TPSA) is 121 Å². The fourth-order valence-electron chi connectivity index (χ4n) is 0. The van der Waals surface area contributed by atoms with E-state index in [4.69, 9.17) is 28.6 Å². The molecule has 0 saturated carbocycles. The van der Waals surface area contributed by atoms with Crippen molar-refractivity contribution < 1.29 is 58.2 Å². The summed E-state index contributed by atoms with van der Waals surface area (Å²) in [6.45, 7) is 3.32. The van der Waals surface area contributed by atoms with Crippen molar-refractivity contribution in [2.75, 3.05) is 13.2 Å². The van der Waals surface area contributed by atoms with Crippen LogP contribution in [0.25, 0.3) is 0 Å². The maximum absolute atomic E-state index is 8.56. The van der Waals surface area contributed by atoms with E-state index in [2.05, 4.69) is 0 Å². The van der Waals surface area contributed by atoms with Gasteiger partial charge in [0.1, 0.15) is 0 Å². The zero-order chi connectivity index (χ0) is 10.6. The molecule has 0 aromatic heterocycles. The van der Waals surface area contributed by atoms with Crippen LogP contribution in [0.4, 0.5) is 0 Å². The van der Waals surface area contributed by atoms with Crippen LogP contribution in [0, 0.1) is 0 Å². The van der Waals surface area contributed by atoms with Gasteiger partial charge >= 0.3 is 29.6 Å². The Hall–Kier alpha value is 0.950. The molecule has 0 saturated heterocycles. The molecule has 0 amide bonds. The van der Waals surface area contributed by atoms with Crippen LogP contribution in [-0.2, 0) is 11.4 Å². The molecule has 0 aliphatic rings. The second-order valence-electron chi connectivity index (χ2n) is 1.56. The molecule has 0 rings (SSSR count). The van der Waals surface area contributed by atoms with Crippen molar-refractivity contribution in [1.29, 1.82) is 0 Å². The molecule has 2 unspecified atom stereocenters. The molecule has 0 aliphatic carbocycles. The van der Waals surface area contributed by atoms with Gasteiger partial charge in [-0.2, -0.15) is 0 Å². The van der Waals surface area contributed by atoms with E-state index in [9.17, 15) is 0 Å². The van der Waals surface area contributed by atoms with Gasteiger partial charge in [-0.25, -0.2) is 4.21 Å². The van der Waals surface area contributed by atoms with E-state index in [0.29, 0.717) is 0 Å². The predicted octanol–water partition coefficient (Wildman–Crippen LogP) is -4.30. The normalized spacial score (nSPS) is 11.9. The van der Waals surface area contributed by atoms with Crippen LogP contribution in [0.15, 0.2) is 0 Å². The number of hydrogen-bond acceptors (Lipinski definition) is 5. The van der Waals surface area contributed by atoms with E-state index < -0.39 is 17.5 Å². The Kier molecular flexibility index (Phi) is 42.0. The minimum atomic E-state index is -2.86. The van der Waals surface area contributed by atoms with Gasteiger partial charge in [-0.1, -0.05) is 0 Å². The maximum atomic E-state index is 8.56. The number of hydrogen-bond donors (Lipinski definition) is 4. The zero-order valence-electron chi connectivity index (χ0n) is 8.01. The third-order valence-electron chi connectivity index (χ3n) is 0.264. The van der Waals surface area contributed by atoms with E-state index in [0.717, 1.165) is 0 Å². The van der Waals surface area contributed by atoms with E-state index in [1.165, 1.54) is 6.92 Å². The molecule has 78 valence electrons. The van der Waals surface area contributed by atoms with Gasteiger partial charge in [0.05, 0.1) is 24.1 Å². The molecule has 6 nitrogen and oxygen atoms in total. The minimum Gasteiger partial charge on any atom is -0.750 e. The van der Waals surface area contributed by atoms with Gasteiger partial charge in [0.25, 0.3) is 0 Å². The molecule has 2 atom stereocenters. The first-order chi connectivity index (χ1) is 5.42. The van der Waals surface area contributed by atoms with Crippen molar-refractivity contribution in [3.05, 3.63) is 0 Å². The predicted molar refractivity (Wildman–Crippen MR) is 43.1 cm³/mol. The van der Waals surface area contributed by atoms with Crippen LogP contribution < -0.4 is 29.6 Å². The van der Waals surface area contributed by atoms with Crippen LogP contribution >= 0.6 is 0 Å². The summed E-state index contributed by atoms with van der Waals surface area (Å²) in [5.41, 5.74) is 0. The van der Waals surface area contributed by atoms with Crippen molar-refractivity contribution >= 4 is 11.4 Å². The molecule has 8 heteroatoms. The smallest absolute Gasteiger partial charge is 0.750 e. The summed E-state index contributed by atoms with van der Waals surface area (Å²) >= 11 is -2.86. The van der Waals surface area contributed by atoms with Crippen molar-refractivity contribution in [3.63, 3.8) is 0 Å². The van der Waals surface area contributed by atoms with Crippen LogP contribution in [0.3, 0.4) is 0 Å². The third kappa shape index (κ3) is 178. The van der Waals surface area contributed by atoms with Crippen molar-refractivity contribution in [2.24, 2.45) is 0 Å². The largest absolute Gasteiger partial charge is 1.00 e. The molecule has 13 heavy (non-hydrogen) atoms. The second-order valence-corrected chi connectivity index (χ2v) is 2.00. The first-order valence-electron chi connectivity index (χ1n) is 3.10. The van der Waals surface area contributed by atoms with Gasteiger partial charge in [0.2, 0.25) is 0 Å². The summed E-state index contributed by atoms with van der Waals surface area (Å²) in [6, 6.07) is 0. The van der Waals surface area contributed by atoms with Crippen molar-refractivity contribution in [3.8, 4) is 0 Å². The van der Waals surface area contributed by atoms with Crippen molar-refractivity contribution in [2.45, 2.75) is 20.0 Å². The van der Waals surface area contributed by atoms with Gasteiger partial charge in [0, 0.05) is 6.61 Å². The van der Waals surface area contributed by atoms with Gasteiger partial charge in [0.15, 0.2) is 0 Å². The summed E-state index contributed by atoms with van der Waals surface area (Å²) in [6.07, 6.45) is -0.560. The standard InChI is InChI=1S/C3H8O2.C2H6O.Na.H2O3S/c1-3(5)2-4;1-2-3;;1-4(2)3/h3-5H,2H2,1H3;3H,2H2,1H3;;(H2,1,2,3)/q;;+1;/p-1. The maximum Gasteiger partial charge on any atom is 1.00 e. The van der Waals surface area contributed by atoms with Gasteiger partial charge in [-0.15, -0.1) is 0 Å². The number of rotatable bonds is 1. The summed E-state index contributed by atoms with van der Waals surface area (Å²) in [5.74, 6) is 0.